The zero-order chi connectivity index (χ0) is 20.6. The highest BCUT2D eigenvalue weighted by atomic mass is 32.2. The van der Waals surface area contributed by atoms with Crippen molar-refractivity contribution in [3.63, 3.8) is 0 Å². The first-order chi connectivity index (χ1) is 13.3. The summed E-state index contributed by atoms with van der Waals surface area (Å²) in [5.41, 5.74) is 0.471. The summed E-state index contributed by atoms with van der Waals surface area (Å²) in [4.78, 5) is 18.9. The van der Waals surface area contributed by atoms with Gasteiger partial charge in [-0.1, -0.05) is 25.8 Å². The molecule has 7 nitrogen and oxygen atoms in total. The summed E-state index contributed by atoms with van der Waals surface area (Å²) in [7, 11) is -3.70. The van der Waals surface area contributed by atoms with Gasteiger partial charge in [-0.3, -0.25) is 19.4 Å². The van der Waals surface area contributed by atoms with Crippen molar-refractivity contribution in [2.45, 2.75) is 63.8 Å². The van der Waals surface area contributed by atoms with Crippen molar-refractivity contribution in [3.05, 3.63) is 24.3 Å². The maximum Gasteiger partial charge on any atom is 0.262 e. The maximum absolute atomic E-state index is 12.5. The number of rotatable bonds is 10. The van der Waals surface area contributed by atoms with E-state index in [4.69, 9.17) is 0 Å². The molecule has 156 valence electrons. The lowest BCUT2D eigenvalue weighted by molar-refractivity contribution is -0.117. The molecule has 1 amide bonds. The Hall–Kier alpha value is -1.93. The van der Waals surface area contributed by atoms with Crippen LogP contribution < -0.4 is 10.0 Å². The fourth-order valence-electron chi connectivity index (χ4n) is 3.05. The third-order valence-electron chi connectivity index (χ3n) is 4.68. The molecule has 0 aromatic heterocycles. The van der Waals surface area contributed by atoms with Crippen LogP contribution >= 0.6 is 0 Å². The standard InChI is InChI=1S/C20H32N4O3S/c1-4-5-6-13-24(16(2)3)15-20(25)22-17-9-7-10-18(14-17)28(26,27)23-19-11-8-12-21-19/h7,9-10,14,16H,4-6,8,11-13,15H2,1-3H3,(H,21,23)(H,22,25). The molecule has 1 aliphatic heterocycles. The van der Waals surface area contributed by atoms with Crippen molar-refractivity contribution < 1.29 is 13.2 Å². The van der Waals surface area contributed by atoms with Crippen LogP contribution in [0.1, 0.15) is 52.9 Å². The third-order valence-corrected chi connectivity index (χ3v) is 6.06. The summed E-state index contributed by atoms with van der Waals surface area (Å²) >= 11 is 0. The molecule has 0 saturated carbocycles. The molecule has 0 saturated heterocycles. The number of hydrogen-bond acceptors (Lipinski definition) is 5. The fourth-order valence-corrected chi connectivity index (χ4v) is 4.18. The molecule has 2 rings (SSSR count). The molecule has 0 unspecified atom stereocenters. The molecule has 0 aliphatic carbocycles. The second-order valence-corrected chi connectivity index (χ2v) is 9.07. The Balaban J connectivity index is 1.99. The van der Waals surface area contributed by atoms with Crippen LogP contribution in [0.4, 0.5) is 5.69 Å². The van der Waals surface area contributed by atoms with Gasteiger partial charge in [0.2, 0.25) is 5.91 Å². The maximum atomic E-state index is 12.5. The highest BCUT2D eigenvalue weighted by Crippen LogP contribution is 2.17. The van der Waals surface area contributed by atoms with Crippen LogP contribution in [0.25, 0.3) is 0 Å². The van der Waals surface area contributed by atoms with E-state index in [2.05, 4.69) is 40.7 Å². The first-order valence-corrected chi connectivity index (χ1v) is 11.5. The van der Waals surface area contributed by atoms with E-state index in [1.54, 1.807) is 12.1 Å². The first kappa shape index (κ1) is 22.4. The number of sulfonamides is 1. The van der Waals surface area contributed by atoms with Gasteiger partial charge >= 0.3 is 0 Å². The highest BCUT2D eigenvalue weighted by molar-refractivity contribution is 7.90. The molecule has 0 bridgehead atoms. The summed E-state index contributed by atoms with van der Waals surface area (Å²) < 4.78 is 27.6. The number of amides is 1. The molecule has 0 fully saturated rings. The molecule has 0 radical (unpaired) electrons. The number of nitrogens with zero attached hydrogens (tertiary/aromatic N) is 2. The van der Waals surface area contributed by atoms with Gasteiger partial charge in [0, 0.05) is 24.7 Å². The van der Waals surface area contributed by atoms with Crippen LogP contribution in [0.5, 0.6) is 0 Å². The Morgan fingerprint density at radius 2 is 2.07 bits per heavy atom. The van der Waals surface area contributed by atoms with E-state index in [0.717, 1.165) is 32.2 Å². The van der Waals surface area contributed by atoms with Gasteiger partial charge in [-0.05, 0) is 51.4 Å². The van der Waals surface area contributed by atoms with Crippen molar-refractivity contribution >= 4 is 27.5 Å². The van der Waals surface area contributed by atoms with Gasteiger partial charge in [-0.2, -0.15) is 0 Å². The minimum absolute atomic E-state index is 0.114. The van der Waals surface area contributed by atoms with Crippen LogP contribution in [-0.2, 0) is 14.8 Å². The van der Waals surface area contributed by atoms with Crippen LogP contribution in [0.2, 0.25) is 0 Å². The Bertz CT molecular complexity index is 790. The number of nitrogens with one attached hydrogen (secondary N) is 2. The van der Waals surface area contributed by atoms with Gasteiger partial charge in [0.15, 0.2) is 0 Å². The lowest BCUT2D eigenvalue weighted by Crippen LogP contribution is -2.38. The topological polar surface area (TPSA) is 90.9 Å². The van der Waals surface area contributed by atoms with Crippen LogP contribution in [0.3, 0.4) is 0 Å². The smallest absolute Gasteiger partial charge is 0.262 e. The number of benzene rings is 1. The van der Waals surface area contributed by atoms with Crippen molar-refractivity contribution in [3.8, 4) is 0 Å². The van der Waals surface area contributed by atoms with Crippen LogP contribution in [0, 0.1) is 0 Å². The van der Waals surface area contributed by atoms with Crippen molar-refractivity contribution in [2.24, 2.45) is 4.99 Å². The summed E-state index contributed by atoms with van der Waals surface area (Å²) in [6.07, 6.45) is 4.84. The second-order valence-electron chi connectivity index (χ2n) is 7.38. The summed E-state index contributed by atoms with van der Waals surface area (Å²) in [5, 5.41) is 2.82. The zero-order valence-corrected chi connectivity index (χ0v) is 17.9. The minimum Gasteiger partial charge on any atom is -0.325 e. The van der Waals surface area contributed by atoms with E-state index in [1.165, 1.54) is 12.1 Å². The Labute approximate surface area is 168 Å². The van der Waals surface area contributed by atoms with Crippen molar-refractivity contribution in [1.82, 2.24) is 9.62 Å². The average Bonchev–Trinajstić information content (AvgIpc) is 3.13. The van der Waals surface area contributed by atoms with E-state index in [0.29, 0.717) is 24.5 Å². The zero-order valence-electron chi connectivity index (χ0n) is 17.1. The van der Waals surface area contributed by atoms with Crippen molar-refractivity contribution in [2.75, 3.05) is 25.0 Å². The predicted octanol–water partition coefficient (Wildman–Crippen LogP) is 3.00. The number of carbonyl (C=O) groups excluding carboxylic acids is 1. The summed E-state index contributed by atoms with van der Waals surface area (Å²) in [6, 6.07) is 6.58. The molecular formula is C20H32N4O3S. The molecule has 2 N–H and O–H groups in total. The molecule has 0 spiro atoms. The van der Waals surface area contributed by atoms with Gasteiger partial charge in [-0.15, -0.1) is 0 Å². The molecular weight excluding hydrogens is 376 g/mol. The van der Waals surface area contributed by atoms with Gasteiger partial charge in [0.1, 0.15) is 5.84 Å². The number of anilines is 1. The lowest BCUT2D eigenvalue weighted by atomic mass is 10.2. The van der Waals surface area contributed by atoms with Crippen LogP contribution in [0.15, 0.2) is 34.2 Å². The minimum atomic E-state index is -3.70. The summed E-state index contributed by atoms with van der Waals surface area (Å²) in [5.74, 6) is 0.349. The Morgan fingerprint density at radius 3 is 2.71 bits per heavy atom. The Kier molecular flexibility index (Phi) is 8.44. The normalized spacial score (nSPS) is 14.4. The number of hydrogen-bond donors (Lipinski definition) is 2. The molecule has 1 aliphatic rings. The van der Waals surface area contributed by atoms with E-state index in [-0.39, 0.29) is 23.4 Å². The van der Waals surface area contributed by atoms with Gasteiger partial charge in [0.25, 0.3) is 10.0 Å². The lowest BCUT2D eigenvalue weighted by Gasteiger charge is -2.25. The quantitative estimate of drug-likeness (QED) is 0.582. The monoisotopic (exact) mass is 408 g/mol. The summed E-state index contributed by atoms with van der Waals surface area (Å²) in [6.45, 7) is 8.11. The SMILES string of the molecule is CCCCCN(CC(=O)Nc1cccc(S(=O)(=O)NC2=NCCC2)c1)C(C)C. The van der Waals surface area contributed by atoms with Crippen LogP contribution in [-0.4, -0.2) is 50.7 Å². The highest BCUT2D eigenvalue weighted by Gasteiger charge is 2.19. The molecule has 8 heteroatoms. The van der Waals surface area contributed by atoms with Gasteiger partial charge in [0.05, 0.1) is 11.4 Å². The van der Waals surface area contributed by atoms with Gasteiger partial charge in [-0.25, -0.2) is 8.42 Å². The molecule has 1 aromatic carbocycles. The number of carbonyl (C=O) groups is 1. The largest absolute Gasteiger partial charge is 0.325 e. The van der Waals surface area contributed by atoms with Crippen molar-refractivity contribution in [1.29, 1.82) is 0 Å². The number of aliphatic imine (C=N–C) groups is 1. The first-order valence-electron chi connectivity index (χ1n) is 10.0. The second kappa shape index (κ2) is 10.6. The Morgan fingerprint density at radius 1 is 1.29 bits per heavy atom. The van der Waals surface area contributed by atoms with Gasteiger partial charge < -0.3 is 5.32 Å². The molecule has 0 atom stereocenters. The third kappa shape index (κ3) is 6.91. The predicted molar refractivity (Wildman–Crippen MR) is 113 cm³/mol. The molecule has 1 aromatic rings. The molecule has 1 heterocycles. The number of amidine groups is 1. The number of unbranched alkanes of at least 4 members (excludes halogenated alkanes) is 2. The fraction of sp³-hybridized carbons (Fsp3) is 0.600. The molecule has 28 heavy (non-hydrogen) atoms. The van der Waals surface area contributed by atoms with E-state index < -0.39 is 10.0 Å². The van der Waals surface area contributed by atoms with E-state index in [9.17, 15) is 13.2 Å². The van der Waals surface area contributed by atoms with E-state index >= 15 is 0 Å². The van der Waals surface area contributed by atoms with E-state index in [1.807, 2.05) is 0 Å². The average molecular weight is 409 g/mol.